The Morgan fingerprint density at radius 2 is 2.33 bits per heavy atom. The predicted octanol–water partition coefficient (Wildman–Crippen LogP) is 1.44. The van der Waals surface area contributed by atoms with E-state index in [0.29, 0.717) is 6.54 Å². The molecule has 80 valence electrons. The molecule has 0 atom stereocenters. The van der Waals surface area contributed by atoms with E-state index < -0.39 is 0 Å². The minimum Gasteiger partial charge on any atom is -0.334 e. The second-order valence-electron chi connectivity index (χ2n) is 3.17. The van der Waals surface area contributed by atoms with Crippen LogP contribution in [0.3, 0.4) is 0 Å². The monoisotopic (exact) mass is 269 g/mol. The molecule has 2 rings (SSSR count). The van der Waals surface area contributed by atoms with Gasteiger partial charge >= 0.3 is 0 Å². The van der Waals surface area contributed by atoms with Gasteiger partial charge in [-0.2, -0.15) is 0 Å². The Kier molecular flexibility index (Phi) is 3.15. The SMILES string of the molecule is CCn1ccnc1Cn1cc(CBr)nn1. The smallest absolute Gasteiger partial charge is 0.130 e. The molecule has 2 aromatic rings. The Morgan fingerprint density at radius 3 is 3.00 bits per heavy atom. The third kappa shape index (κ3) is 2.26. The molecular formula is C9H12BrN5. The van der Waals surface area contributed by atoms with Crippen molar-refractivity contribution in [2.45, 2.75) is 25.3 Å². The highest BCUT2D eigenvalue weighted by molar-refractivity contribution is 9.08. The third-order valence-corrected chi connectivity index (χ3v) is 2.74. The highest BCUT2D eigenvalue weighted by atomic mass is 79.9. The number of aryl methyl sites for hydroxylation is 1. The van der Waals surface area contributed by atoms with Crippen LogP contribution in [0.25, 0.3) is 0 Å². The summed E-state index contributed by atoms with van der Waals surface area (Å²) in [6, 6.07) is 0. The van der Waals surface area contributed by atoms with Gasteiger partial charge in [0, 0.05) is 30.5 Å². The van der Waals surface area contributed by atoms with Gasteiger partial charge in [-0.1, -0.05) is 21.1 Å². The van der Waals surface area contributed by atoms with Crippen LogP contribution < -0.4 is 0 Å². The van der Waals surface area contributed by atoms with E-state index >= 15 is 0 Å². The lowest BCUT2D eigenvalue weighted by atomic mass is 10.5. The van der Waals surface area contributed by atoms with Gasteiger partial charge in [0.05, 0.1) is 5.69 Å². The molecule has 5 nitrogen and oxygen atoms in total. The number of hydrogen-bond donors (Lipinski definition) is 0. The molecule has 0 aromatic carbocycles. The average Bonchev–Trinajstić information content (AvgIpc) is 2.87. The van der Waals surface area contributed by atoms with E-state index in [2.05, 4.69) is 42.7 Å². The minimum absolute atomic E-state index is 0.668. The molecule has 0 radical (unpaired) electrons. The number of imidazole rings is 1. The maximum Gasteiger partial charge on any atom is 0.130 e. The first-order chi connectivity index (χ1) is 7.33. The van der Waals surface area contributed by atoms with E-state index in [1.165, 1.54) is 0 Å². The standard InChI is InChI=1S/C9H12BrN5/c1-2-14-4-3-11-9(14)7-15-6-8(5-10)12-13-15/h3-4,6H,2,5,7H2,1H3. The van der Waals surface area contributed by atoms with Gasteiger partial charge in [-0.3, -0.25) is 0 Å². The Hall–Kier alpha value is -1.17. The molecule has 0 spiro atoms. The van der Waals surface area contributed by atoms with Crippen LogP contribution in [0.15, 0.2) is 18.6 Å². The summed E-state index contributed by atoms with van der Waals surface area (Å²) in [7, 11) is 0. The van der Waals surface area contributed by atoms with Gasteiger partial charge in [-0.05, 0) is 6.92 Å². The maximum atomic E-state index is 4.28. The second kappa shape index (κ2) is 4.57. The number of halogens is 1. The summed E-state index contributed by atoms with van der Waals surface area (Å²) in [6.45, 7) is 3.69. The Labute approximate surface area is 96.2 Å². The number of hydrogen-bond acceptors (Lipinski definition) is 3. The summed E-state index contributed by atoms with van der Waals surface area (Å²) in [6.07, 6.45) is 5.70. The van der Waals surface area contributed by atoms with Crippen molar-refractivity contribution in [3.8, 4) is 0 Å². The molecule has 0 N–H and O–H groups in total. The summed E-state index contributed by atoms with van der Waals surface area (Å²) in [5.74, 6) is 1.00. The quantitative estimate of drug-likeness (QED) is 0.790. The van der Waals surface area contributed by atoms with Gasteiger partial charge in [-0.25, -0.2) is 9.67 Å². The molecule has 15 heavy (non-hydrogen) atoms. The van der Waals surface area contributed by atoms with Crippen LogP contribution in [0.5, 0.6) is 0 Å². The molecule has 0 saturated heterocycles. The van der Waals surface area contributed by atoms with E-state index in [4.69, 9.17) is 0 Å². The molecule has 2 heterocycles. The highest BCUT2D eigenvalue weighted by Gasteiger charge is 2.04. The fourth-order valence-corrected chi connectivity index (χ4v) is 1.66. The molecular weight excluding hydrogens is 258 g/mol. The first kappa shape index (κ1) is 10.4. The summed E-state index contributed by atoms with van der Waals surface area (Å²) >= 11 is 3.34. The maximum absolute atomic E-state index is 4.28. The van der Waals surface area contributed by atoms with Crippen molar-refractivity contribution in [1.82, 2.24) is 24.5 Å². The minimum atomic E-state index is 0.668. The van der Waals surface area contributed by atoms with E-state index in [9.17, 15) is 0 Å². The molecule has 0 saturated carbocycles. The van der Waals surface area contributed by atoms with Gasteiger partial charge < -0.3 is 4.57 Å². The van der Waals surface area contributed by atoms with Gasteiger partial charge in [0.25, 0.3) is 0 Å². The zero-order chi connectivity index (χ0) is 10.7. The summed E-state index contributed by atoms with van der Waals surface area (Å²) in [4.78, 5) is 4.28. The fourth-order valence-electron chi connectivity index (χ4n) is 1.40. The number of alkyl halides is 1. The van der Waals surface area contributed by atoms with E-state index in [1.54, 1.807) is 10.9 Å². The van der Waals surface area contributed by atoms with Crippen molar-refractivity contribution in [3.63, 3.8) is 0 Å². The summed E-state index contributed by atoms with van der Waals surface area (Å²) < 4.78 is 3.89. The molecule has 0 aliphatic carbocycles. The van der Waals surface area contributed by atoms with Crippen molar-refractivity contribution < 1.29 is 0 Å². The van der Waals surface area contributed by atoms with Crippen molar-refractivity contribution in [2.24, 2.45) is 0 Å². The van der Waals surface area contributed by atoms with E-state index in [0.717, 1.165) is 23.4 Å². The van der Waals surface area contributed by atoms with Gasteiger partial charge in [-0.15, -0.1) is 5.10 Å². The van der Waals surface area contributed by atoms with Crippen molar-refractivity contribution in [1.29, 1.82) is 0 Å². The van der Waals surface area contributed by atoms with Crippen LogP contribution in [0.2, 0.25) is 0 Å². The molecule has 6 heteroatoms. The number of nitrogens with zero attached hydrogens (tertiary/aromatic N) is 5. The molecule has 2 aromatic heterocycles. The van der Waals surface area contributed by atoms with Gasteiger partial charge in [0.15, 0.2) is 0 Å². The lowest BCUT2D eigenvalue weighted by Crippen LogP contribution is -2.08. The first-order valence-corrected chi connectivity index (χ1v) is 5.90. The van der Waals surface area contributed by atoms with Crippen molar-refractivity contribution in [2.75, 3.05) is 0 Å². The molecule has 0 aliphatic heterocycles. The zero-order valence-corrected chi connectivity index (χ0v) is 10.1. The van der Waals surface area contributed by atoms with Crippen molar-refractivity contribution in [3.05, 3.63) is 30.1 Å². The van der Waals surface area contributed by atoms with E-state index in [1.807, 2.05) is 12.4 Å². The van der Waals surface area contributed by atoms with Crippen LogP contribution in [-0.2, 0) is 18.4 Å². The zero-order valence-electron chi connectivity index (χ0n) is 8.47. The summed E-state index contributed by atoms with van der Waals surface area (Å²) in [5.41, 5.74) is 0.935. The van der Waals surface area contributed by atoms with E-state index in [-0.39, 0.29) is 0 Å². The molecule has 0 amide bonds. The Balaban J connectivity index is 2.14. The van der Waals surface area contributed by atoms with Crippen LogP contribution in [0.4, 0.5) is 0 Å². The number of rotatable bonds is 4. The van der Waals surface area contributed by atoms with Crippen molar-refractivity contribution >= 4 is 15.9 Å². The second-order valence-corrected chi connectivity index (χ2v) is 3.73. The average molecular weight is 270 g/mol. The van der Waals surface area contributed by atoms with Gasteiger partial charge in [0.2, 0.25) is 0 Å². The molecule has 0 fully saturated rings. The van der Waals surface area contributed by atoms with Gasteiger partial charge in [0.1, 0.15) is 12.4 Å². The lowest BCUT2D eigenvalue weighted by Gasteiger charge is -2.03. The largest absolute Gasteiger partial charge is 0.334 e. The summed E-state index contributed by atoms with van der Waals surface area (Å²) in [5, 5.41) is 8.75. The lowest BCUT2D eigenvalue weighted by molar-refractivity contribution is 0.588. The fraction of sp³-hybridized carbons (Fsp3) is 0.444. The Morgan fingerprint density at radius 1 is 1.47 bits per heavy atom. The molecule has 0 bridgehead atoms. The normalized spacial score (nSPS) is 10.8. The third-order valence-electron chi connectivity index (χ3n) is 2.17. The Bertz CT molecular complexity index is 433. The highest BCUT2D eigenvalue weighted by Crippen LogP contribution is 2.03. The van der Waals surface area contributed by atoms with Crippen LogP contribution >= 0.6 is 15.9 Å². The van der Waals surface area contributed by atoms with Crippen LogP contribution in [0, 0.1) is 0 Å². The van der Waals surface area contributed by atoms with Crippen LogP contribution in [-0.4, -0.2) is 24.5 Å². The topological polar surface area (TPSA) is 48.5 Å². The molecule has 0 unspecified atom stereocenters. The number of aromatic nitrogens is 5. The first-order valence-electron chi connectivity index (χ1n) is 4.78. The predicted molar refractivity (Wildman–Crippen MR) is 59.7 cm³/mol. The molecule has 0 aliphatic rings. The van der Waals surface area contributed by atoms with Crippen LogP contribution in [0.1, 0.15) is 18.4 Å².